The van der Waals surface area contributed by atoms with Crippen molar-refractivity contribution in [2.75, 3.05) is 24.5 Å². The number of benzene rings is 2. The van der Waals surface area contributed by atoms with Crippen molar-refractivity contribution in [3.8, 4) is 0 Å². The van der Waals surface area contributed by atoms with Crippen LogP contribution in [0, 0.1) is 5.92 Å². The van der Waals surface area contributed by atoms with Crippen molar-refractivity contribution in [2.45, 2.75) is 32.7 Å². The van der Waals surface area contributed by atoms with Gasteiger partial charge in [0, 0.05) is 30.9 Å². The molecule has 6 heteroatoms. The molecule has 0 bridgehead atoms. The highest BCUT2D eigenvalue weighted by Crippen LogP contribution is 2.22. The molecular weight excluding hydrogens is 392 g/mol. The van der Waals surface area contributed by atoms with Gasteiger partial charge in [0.15, 0.2) is 0 Å². The molecule has 0 aromatic heterocycles. The minimum atomic E-state index is -1.26. The molecule has 3 N–H and O–H groups in total. The van der Waals surface area contributed by atoms with Crippen molar-refractivity contribution in [2.24, 2.45) is 5.92 Å². The first-order chi connectivity index (χ1) is 15.0. The maximum absolute atomic E-state index is 9.55. The number of hydrogen-bond donors (Lipinski definition) is 3. The summed E-state index contributed by atoms with van der Waals surface area (Å²) in [5.41, 5.74) is 4.18. The van der Waals surface area contributed by atoms with Gasteiger partial charge in [-0.15, -0.1) is 0 Å². The summed E-state index contributed by atoms with van der Waals surface area (Å²) < 4.78 is 0. The quantitative estimate of drug-likeness (QED) is 0.556. The number of nitrogens with one attached hydrogen (secondary N) is 1. The van der Waals surface area contributed by atoms with E-state index in [0.29, 0.717) is 12.2 Å². The van der Waals surface area contributed by atoms with Gasteiger partial charge in [-0.05, 0) is 68.5 Å². The van der Waals surface area contributed by atoms with Crippen LogP contribution in [0.25, 0.3) is 0 Å². The molecule has 1 fully saturated rings. The number of carboxylic acid groups (broad SMARTS) is 2. The zero-order valence-electron chi connectivity index (χ0n) is 18.0. The number of carbonyl (C=O) groups is 2. The Bertz CT molecular complexity index is 812. The van der Waals surface area contributed by atoms with E-state index in [0.717, 1.165) is 19.0 Å². The van der Waals surface area contributed by atoms with Crippen LogP contribution in [-0.2, 0) is 22.6 Å². The summed E-state index contributed by atoms with van der Waals surface area (Å²) in [6, 6.07) is 20.0. The predicted octanol–water partition coefficient (Wildman–Crippen LogP) is 3.97. The lowest BCUT2D eigenvalue weighted by molar-refractivity contribution is -0.134. The third-order valence-electron chi connectivity index (χ3n) is 5.25. The van der Waals surface area contributed by atoms with Gasteiger partial charge in [-0.25, -0.2) is 9.59 Å². The molecule has 166 valence electrons. The lowest BCUT2D eigenvalue weighted by Crippen LogP contribution is -2.28. The molecule has 0 aliphatic carbocycles. The fourth-order valence-corrected chi connectivity index (χ4v) is 3.59. The zero-order valence-corrected chi connectivity index (χ0v) is 18.0. The second kappa shape index (κ2) is 13.2. The molecule has 0 saturated carbocycles. The van der Waals surface area contributed by atoms with Gasteiger partial charge in [0.2, 0.25) is 0 Å². The van der Waals surface area contributed by atoms with Crippen molar-refractivity contribution in [1.82, 2.24) is 5.32 Å². The van der Waals surface area contributed by atoms with Crippen molar-refractivity contribution in [1.29, 1.82) is 0 Å². The van der Waals surface area contributed by atoms with Crippen LogP contribution in [0.5, 0.6) is 0 Å². The van der Waals surface area contributed by atoms with Gasteiger partial charge >= 0.3 is 11.9 Å². The van der Waals surface area contributed by atoms with Crippen LogP contribution in [0.2, 0.25) is 0 Å². The Morgan fingerprint density at radius 2 is 1.52 bits per heavy atom. The summed E-state index contributed by atoms with van der Waals surface area (Å²) in [6.45, 7) is 6.60. The molecule has 0 unspecified atom stereocenters. The normalized spacial score (nSPS) is 14.0. The van der Waals surface area contributed by atoms with Crippen LogP contribution in [0.1, 0.15) is 30.9 Å². The fourth-order valence-electron chi connectivity index (χ4n) is 3.59. The standard InChI is InChI=1S/C21H28N2.C4H4O4/c1-2-23(17-20-6-4-3-5-7-20)21-10-8-18(9-11-21)16-19-12-14-22-15-13-19;5-3(6)1-2-4(7)8/h3-11,19,22H,2,12-17H2,1H3;1-2H,(H,5,6)(H,7,8). The van der Waals surface area contributed by atoms with E-state index in [4.69, 9.17) is 10.2 Å². The van der Waals surface area contributed by atoms with Crippen LogP contribution in [-0.4, -0.2) is 41.8 Å². The Balaban J connectivity index is 0.000000366. The average Bonchev–Trinajstić information content (AvgIpc) is 2.78. The maximum Gasteiger partial charge on any atom is 0.328 e. The summed E-state index contributed by atoms with van der Waals surface area (Å²) in [6.07, 6.45) is 4.98. The largest absolute Gasteiger partial charge is 0.478 e. The van der Waals surface area contributed by atoms with E-state index in [-0.39, 0.29) is 0 Å². The minimum Gasteiger partial charge on any atom is -0.478 e. The molecule has 2 aromatic carbocycles. The molecular formula is C25H32N2O4. The number of hydrogen-bond acceptors (Lipinski definition) is 4. The number of nitrogens with zero attached hydrogens (tertiary/aromatic N) is 1. The smallest absolute Gasteiger partial charge is 0.328 e. The molecule has 0 amide bonds. The van der Waals surface area contributed by atoms with E-state index in [1.807, 2.05) is 0 Å². The highest BCUT2D eigenvalue weighted by molar-refractivity contribution is 5.89. The summed E-state index contributed by atoms with van der Waals surface area (Å²) >= 11 is 0. The van der Waals surface area contributed by atoms with E-state index in [1.165, 1.54) is 49.2 Å². The predicted molar refractivity (Wildman–Crippen MR) is 123 cm³/mol. The van der Waals surface area contributed by atoms with E-state index in [2.05, 4.69) is 71.7 Å². The van der Waals surface area contributed by atoms with Crippen LogP contribution in [0.4, 0.5) is 5.69 Å². The van der Waals surface area contributed by atoms with E-state index in [1.54, 1.807) is 0 Å². The second-order valence-electron chi connectivity index (χ2n) is 7.57. The van der Waals surface area contributed by atoms with Crippen molar-refractivity contribution < 1.29 is 19.8 Å². The first-order valence-electron chi connectivity index (χ1n) is 10.7. The zero-order chi connectivity index (χ0) is 22.5. The Morgan fingerprint density at radius 1 is 0.935 bits per heavy atom. The van der Waals surface area contributed by atoms with Crippen molar-refractivity contribution >= 4 is 17.6 Å². The Hall–Kier alpha value is -3.12. The summed E-state index contributed by atoms with van der Waals surface area (Å²) in [4.78, 5) is 21.5. The molecule has 1 aliphatic rings. The van der Waals surface area contributed by atoms with Crippen LogP contribution in [0.15, 0.2) is 66.7 Å². The van der Waals surface area contributed by atoms with Gasteiger partial charge in [-0.3, -0.25) is 0 Å². The Kier molecular flexibility index (Phi) is 10.3. The van der Waals surface area contributed by atoms with E-state index < -0.39 is 11.9 Å². The highest BCUT2D eigenvalue weighted by atomic mass is 16.4. The Morgan fingerprint density at radius 3 is 2.03 bits per heavy atom. The monoisotopic (exact) mass is 424 g/mol. The summed E-state index contributed by atoms with van der Waals surface area (Å²) in [5.74, 6) is -1.66. The Labute approximate surface area is 184 Å². The molecule has 1 saturated heterocycles. The molecule has 0 atom stereocenters. The van der Waals surface area contributed by atoms with Crippen LogP contribution < -0.4 is 10.2 Å². The van der Waals surface area contributed by atoms with Crippen LogP contribution >= 0.6 is 0 Å². The van der Waals surface area contributed by atoms with Gasteiger partial charge in [-0.2, -0.15) is 0 Å². The lowest BCUT2D eigenvalue weighted by atomic mass is 9.91. The molecule has 6 nitrogen and oxygen atoms in total. The lowest BCUT2D eigenvalue weighted by Gasteiger charge is -2.25. The van der Waals surface area contributed by atoms with Gasteiger partial charge in [0.1, 0.15) is 0 Å². The maximum atomic E-state index is 9.55. The van der Waals surface area contributed by atoms with Crippen LogP contribution in [0.3, 0.4) is 0 Å². The number of piperidine rings is 1. The van der Waals surface area contributed by atoms with E-state index >= 15 is 0 Å². The molecule has 1 heterocycles. The van der Waals surface area contributed by atoms with Gasteiger partial charge in [0.25, 0.3) is 0 Å². The second-order valence-corrected chi connectivity index (χ2v) is 7.57. The number of anilines is 1. The van der Waals surface area contributed by atoms with Crippen molar-refractivity contribution in [3.63, 3.8) is 0 Å². The molecule has 0 spiro atoms. The molecule has 2 aromatic rings. The van der Waals surface area contributed by atoms with Crippen molar-refractivity contribution in [3.05, 3.63) is 77.9 Å². The number of rotatable bonds is 8. The molecule has 31 heavy (non-hydrogen) atoms. The molecule has 3 rings (SSSR count). The number of aliphatic carboxylic acids is 2. The average molecular weight is 425 g/mol. The SMILES string of the molecule is CCN(Cc1ccccc1)c1ccc(CC2CCNCC2)cc1.O=C(O)C=CC(=O)O. The summed E-state index contributed by atoms with van der Waals surface area (Å²) in [5, 5.41) is 19.1. The molecule has 0 radical (unpaired) electrons. The van der Waals surface area contributed by atoms with Gasteiger partial charge < -0.3 is 20.4 Å². The first-order valence-corrected chi connectivity index (χ1v) is 10.7. The number of carboxylic acids is 2. The fraction of sp³-hybridized carbons (Fsp3) is 0.360. The third-order valence-corrected chi connectivity index (χ3v) is 5.25. The van der Waals surface area contributed by atoms with Gasteiger partial charge in [-0.1, -0.05) is 42.5 Å². The highest BCUT2D eigenvalue weighted by Gasteiger charge is 2.13. The van der Waals surface area contributed by atoms with Gasteiger partial charge in [0.05, 0.1) is 0 Å². The third kappa shape index (κ3) is 9.49. The minimum absolute atomic E-state index is 0.558. The van der Waals surface area contributed by atoms with E-state index in [9.17, 15) is 9.59 Å². The first kappa shape index (κ1) is 24.2. The topological polar surface area (TPSA) is 89.9 Å². The molecule has 1 aliphatic heterocycles. The summed E-state index contributed by atoms with van der Waals surface area (Å²) in [7, 11) is 0.